The molecule has 0 aromatic heterocycles. The van der Waals surface area contributed by atoms with Gasteiger partial charge in [0.25, 0.3) is 0 Å². The number of hydrogen-bond donors (Lipinski definition) is 2. The molecule has 3 rings (SSSR count). The van der Waals surface area contributed by atoms with Gasteiger partial charge in [0.1, 0.15) is 6.17 Å². The van der Waals surface area contributed by atoms with Gasteiger partial charge in [-0.25, -0.2) is 4.39 Å². The molecular weight excluding hydrogens is 285 g/mol. The van der Waals surface area contributed by atoms with Crippen molar-refractivity contribution < 1.29 is 4.39 Å². The Balaban J connectivity index is 0.000000774. The van der Waals surface area contributed by atoms with Crippen LogP contribution in [-0.2, 0) is 0 Å². The van der Waals surface area contributed by atoms with Crippen molar-refractivity contribution in [3.8, 4) is 0 Å². The summed E-state index contributed by atoms with van der Waals surface area (Å²) < 4.78 is 13.2. The lowest BCUT2D eigenvalue weighted by atomic mass is 10.0. The van der Waals surface area contributed by atoms with Crippen LogP contribution in [0.5, 0.6) is 0 Å². The van der Waals surface area contributed by atoms with Crippen LogP contribution in [0.3, 0.4) is 0 Å². The van der Waals surface area contributed by atoms with E-state index in [1.54, 1.807) is 6.26 Å². The standard InChI is InChI=1S/C15H22FN3.CH4S/c16-12-5-8-19(11-12)15-6-9-18(10-7-15)14-3-1-13(17)2-4-14;1-2/h1-4,12,15H,5-11,17H2;2H,1H3. The molecule has 118 valence electrons. The topological polar surface area (TPSA) is 32.5 Å². The van der Waals surface area contributed by atoms with Gasteiger partial charge in [0.05, 0.1) is 0 Å². The zero-order valence-corrected chi connectivity index (χ0v) is 13.6. The number of thiol groups is 1. The molecule has 0 bridgehead atoms. The smallest absolute Gasteiger partial charge is 0.114 e. The average molecular weight is 311 g/mol. The zero-order valence-electron chi connectivity index (χ0n) is 12.7. The highest BCUT2D eigenvalue weighted by Gasteiger charge is 2.30. The third kappa shape index (κ3) is 4.27. The molecule has 3 nitrogen and oxygen atoms in total. The van der Waals surface area contributed by atoms with Crippen LogP contribution in [0.2, 0.25) is 0 Å². The minimum Gasteiger partial charge on any atom is -0.399 e. The van der Waals surface area contributed by atoms with Gasteiger partial charge in [-0.2, -0.15) is 12.6 Å². The van der Waals surface area contributed by atoms with Gasteiger partial charge in [-0.15, -0.1) is 0 Å². The van der Waals surface area contributed by atoms with E-state index >= 15 is 0 Å². The fourth-order valence-electron chi connectivity index (χ4n) is 3.25. The monoisotopic (exact) mass is 311 g/mol. The molecule has 5 heteroatoms. The van der Waals surface area contributed by atoms with E-state index in [-0.39, 0.29) is 0 Å². The number of likely N-dealkylation sites (tertiary alicyclic amines) is 1. The molecule has 2 saturated heterocycles. The van der Waals surface area contributed by atoms with Crippen molar-refractivity contribution >= 4 is 24.0 Å². The van der Waals surface area contributed by atoms with Crippen LogP contribution in [0.15, 0.2) is 24.3 Å². The summed E-state index contributed by atoms with van der Waals surface area (Å²) in [6, 6.07) is 8.66. The number of rotatable bonds is 2. The Kier molecular flexibility index (Phi) is 6.18. The third-order valence-corrected chi connectivity index (χ3v) is 4.40. The molecule has 0 amide bonds. The van der Waals surface area contributed by atoms with Crippen LogP contribution in [-0.4, -0.2) is 49.5 Å². The molecule has 1 aromatic carbocycles. The Labute approximate surface area is 132 Å². The number of nitrogen functional groups attached to an aromatic ring is 1. The summed E-state index contributed by atoms with van der Waals surface area (Å²) in [5.41, 5.74) is 7.77. The van der Waals surface area contributed by atoms with Crippen LogP contribution in [0.4, 0.5) is 15.8 Å². The molecule has 1 atom stereocenters. The summed E-state index contributed by atoms with van der Waals surface area (Å²) in [6.45, 7) is 3.70. The van der Waals surface area contributed by atoms with E-state index in [4.69, 9.17) is 5.73 Å². The highest BCUT2D eigenvalue weighted by Crippen LogP contribution is 2.26. The number of piperidine rings is 1. The predicted octanol–water partition coefficient (Wildman–Crippen LogP) is 2.83. The molecule has 2 N–H and O–H groups in total. The first-order valence-electron chi connectivity index (χ1n) is 7.66. The Morgan fingerprint density at radius 1 is 1.05 bits per heavy atom. The molecule has 0 saturated carbocycles. The molecule has 1 aromatic rings. The second-order valence-corrected chi connectivity index (χ2v) is 5.69. The van der Waals surface area contributed by atoms with Crippen LogP contribution in [0.25, 0.3) is 0 Å². The van der Waals surface area contributed by atoms with Crippen molar-refractivity contribution in [2.24, 2.45) is 0 Å². The van der Waals surface area contributed by atoms with Crippen molar-refractivity contribution in [2.75, 3.05) is 43.1 Å². The molecule has 0 spiro atoms. The van der Waals surface area contributed by atoms with E-state index in [9.17, 15) is 4.39 Å². The van der Waals surface area contributed by atoms with E-state index in [0.717, 1.165) is 44.6 Å². The highest BCUT2D eigenvalue weighted by molar-refractivity contribution is 7.79. The van der Waals surface area contributed by atoms with Crippen LogP contribution in [0, 0.1) is 0 Å². The molecule has 0 aliphatic carbocycles. The summed E-state index contributed by atoms with van der Waals surface area (Å²) in [6.07, 6.45) is 4.09. The number of benzene rings is 1. The first-order valence-corrected chi connectivity index (χ1v) is 8.55. The number of anilines is 2. The average Bonchev–Trinajstić information content (AvgIpc) is 2.97. The lowest BCUT2D eigenvalue weighted by molar-refractivity contribution is 0.192. The summed E-state index contributed by atoms with van der Waals surface area (Å²) in [7, 11) is 0. The summed E-state index contributed by atoms with van der Waals surface area (Å²) in [4.78, 5) is 4.74. The molecule has 2 heterocycles. The lowest BCUT2D eigenvalue weighted by Crippen LogP contribution is -2.44. The first kappa shape index (κ1) is 16.4. The molecule has 2 aliphatic rings. The van der Waals surface area contributed by atoms with Gasteiger partial charge in [-0.3, -0.25) is 4.90 Å². The Bertz CT molecular complexity index is 418. The van der Waals surface area contributed by atoms with Crippen molar-refractivity contribution in [3.05, 3.63) is 24.3 Å². The van der Waals surface area contributed by atoms with Gasteiger partial charge in [-0.1, -0.05) is 0 Å². The van der Waals surface area contributed by atoms with Crippen molar-refractivity contribution in [1.82, 2.24) is 4.90 Å². The second-order valence-electron chi connectivity index (χ2n) is 5.69. The third-order valence-electron chi connectivity index (χ3n) is 4.40. The maximum atomic E-state index is 13.2. The van der Waals surface area contributed by atoms with Crippen LogP contribution in [0.1, 0.15) is 19.3 Å². The fraction of sp³-hybridized carbons (Fsp3) is 0.625. The molecule has 1 unspecified atom stereocenters. The largest absolute Gasteiger partial charge is 0.399 e. The molecule has 2 fully saturated rings. The number of hydrogen-bond acceptors (Lipinski definition) is 4. The van der Waals surface area contributed by atoms with Gasteiger partial charge in [0.2, 0.25) is 0 Å². The number of halogens is 1. The van der Waals surface area contributed by atoms with Gasteiger partial charge in [-0.05, 0) is 49.8 Å². The number of alkyl halides is 1. The van der Waals surface area contributed by atoms with Gasteiger partial charge in [0, 0.05) is 43.6 Å². The van der Waals surface area contributed by atoms with E-state index in [1.165, 1.54) is 5.69 Å². The van der Waals surface area contributed by atoms with E-state index in [0.29, 0.717) is 12.6 Å². The first-order chi connectivity index (χ1) is 10.2. The summed E-state index contributed by atoms with van der Waals surface area (Å²) in [5.74, 6) is 0. The summed E-state index contributed by atoms with van der Waals surface area (Å²) in [5, 5.41) is 0. The maximum absolute atomic E-state index is 13.2. The number of nitrogens with zero attached hydrogens (tertiary/aromatic N) is 2. The van der Waals surface area contributed by atoms with E-state index < -0.39 is 6.17 Å². The lowest BCUT2D eigenvalue weighted by Gasteiger charge is -2.37. The minimum absolute atomic E-state index is 0.575. The quantitative estimate of drug-likeness (QED) is 0.651. The van der Waals surface area contributed by atoms with E-state index in [1.807, 2.05) is 12.1 Å². The molecule has 2 aliphatic heterocycles. The fourth-order valence-corrected chi connectivity index (χ4v) is 3.25. The maximum Gasteiger partial charge on any atom is 0.114 e. The normalized spacial score (nSPS) is 23.8. The molecule has 0 radical (unpaired) electrons. The number of nitrogens with two attached hydrogens (primary N) is 1. The van der Waals surface area contributed by atoms with E-state index in [2.05, 4.69) is 34.6 Å². The molecule has 21 heavy (non-hydrogen) atoms. The van der Waals surface area contributed by atoms with Crippen LogP contribution >= 0.6 is 12.6 Å². The predicted molar refractivity (Wildman–Crippen MR) is 92.1 cm³/mol. The highest BCUT2D eigenvalue weighted by atomic mass is 32.1. The molecular formula is C16H26FN3S. The van der Waals surface area contributed by atoms with Crippen molar-refractivity contribution in [3.63, 3.8) is 0 Å². The van der Waals surface area contributed by atoms with Gasteiger partial charge >= 0.3 is 0 Å². The summed E-state index contributed by atoms with van der Waals surface area (Å²) >= 11 is 3.53. The Morgan fingerprint density at radius 2 is 1.67 bits per heavy atom. The second kappa shape index (κ2) is 7.90. The Morgan fingerprint density at radius 3 is 2.19 bits per heavy atom. The van der Waals surface area contributed by atoms with Gasteiger partial charge < -0.3 is 10.6 Å². The SMILES string of the molecule is CS.Nc1ccc(N2CCC(N3CCC(F)C3)CC2)cc1. The van der Waals surface area contributed by atoms with Crippen molar-refractivity contribution in [2.45, 2.75) is 31.5 Å². The Hall–Kier alpha value is -0.940. The minimum atomic E-state index is -0.602. The van der Waals surface area contributed by atoms with Gasteiger partial charge in [0.15, 0.2) is 0 Å². The zero-order chi connectivity index (χ0) is 15.2. The van der Waals surface area contributed by atoms with Crippen molar-refractivity contribution in [1.29, 1.82) is 0 Å². The van der Waals surface area contributed by atoms with Crippen LogP contribution < -0.4 is 10.6 Å².